The van der Waals surface area contributed by atoms with Crippen LogP contribution >= 0.6 is 15.9 Å². The highest BCUT2D eigenvalue weighted by Crippen LogP contribution is 2.44. The Balaban J connectivity index is 1.57. The van der Waals surface area contributed by atoms with Crippen LogP contribution in [0.2, 0.25) is 0 Å². The molecule has 1 N–H and O–H groups in total. The molecule has 1 saturated carbocycles. The largest absolute Gasteiger partial charge is 0.481 e. The zero-order chi connectivity index (χ0) is 15.7. The smallest absolute Gasteiger partial charge is 0.308 e. The second-order valence-electron chi connectivity index (χ2n) is 6.37. The average Bonchev–Trinajstić information content (AvgIpc) is 3.23. The van der Waals surface area contributed by atoms with Crippen LogP contribution in [0.5, 0.6) is 0 Å². The minimum Gasteiger partial charge on any atom is -0.481 e. The van der Waals surface area contributed by atoms with Crippen LogP contribution in [-0.2, 0) is 16.0 Å². The molecule has 1 aliphatic heterocycles. The number of carbonyl (C=O) groups is 2. The molecule has 1 amide bonds. The summed E-state index contributed by atoms with van der Waals surface area (Å²) in [4.78, 5) is 25.5. The molecule has 4 nitrogen and oxygen atoms in total. The quantitative estimate of drug-likeness (QED) is 0.872. The fourth-order valence-electron chi connectivity index (χ4n) is 3.40. The van der Waals surface area contributed by atoms with Crippen molar-refractivity contribution in [2.24, 2.45) is 17.8 Å². The highest BCUT2D eigenvalue weighted by atomic mass is 79.9. The lowest BCUT2D eigenvalue weighted by Crippen LogP contribution is -2.30. The predicted octanol–water partition coefficient (Wildman–Crippen LogP) is 2.95. The molecule has 2 atom stereocenters. The van der Waals surface area contributed by atoms with Crippen LogP contribution in [0.15, 0.2) is 28.7 Å². The number of hydrogen-bond donors (Lipinski definition) is 1. The highest BCUT2D eigenvalue weighted by molar-refractivity contribution is 9.10. The standard InChI is InChI=1S/C17H20BrNO3/c18-13-3-1-2-11(8-13)4-7-16(20)19-9-14(12-5-6-12)15(10-19)17(21)22/h1-3,8,12,14-15H,4-7,9-10H2,(H,21,22)/t14-,15+/m1/s1. The van der Waals surface area contributed by atoms with Gasteiger partial charge in [-0.3, -0.25) is 9.59 Å². The van der Waals surface area contributed by atoms with Gasteiger partial charge >= 0.3 is 5.97 Å². The first-order chi connectivity index (χ1) is 10.5. The van der Waals surface area contributed by atoms with Crippen molar-refractivity contribution in [2.45, 2.75) is 25.7 Å². The lowest BCUT2D eigenvalue weighted by Gasteiger charge is -2.16. The van der Waals surface area contributed by atoms with Gasteiger partial charge in [-0.1, -0.05) is 28.1 Å². The summed E-state index contributed by atoms with van der Waals surface area (Å²) in [5.74, 6) is -0.368. The zero-order valence-electron chi connectivity index (χ0n) is 12.4. The van der Waals surface area contributed by atoms with Gasteiger partial charge in [-0.15, -0.1) is 0 Å². The molecule has 118 valence electrons. The highest BCUT2D eigenvalue weighted by Gasteiger charge is 2.46. The summed E-state index contributed by atoms with van der Waals surface area (Å²) < 4.78 is 1.01. The van der Waals surface area contributed by atoms with Crippen molar-refractivity contribution < 1.29 is 14.7 Å². The number of carbonyl (C=O) groups excluding carboxylic acids is 1. The average molecular weight is 366 g/mol. The molecule has 1 aromatic rings. The fraction of sp³-hybridized carbons (Fsp3) is 0.529. The van der Waals surface area contributed by atoms with Gasteiger partial charge in [-0.2, -0.15) is 0 Å². The van der Waals surface area contributed by atoms with Gasteiger partial charge in [0, 0.05) is 24.0 Å². The number of carboxylic acids is 1. The van der Waals surface area contributed by atoms with E-state index in [1.807, 2.05) is 24.3 Å². The van der Waals surface area contributed by atoms with Gasteiger partial charge < -0.3 is 10.0 Å². The summed E-state index contributed by atoms with van der Waals surface area (Å²) in [7, 11) is 0. The first kappa shape index (κ1) is 15.5. The molecular weight excluding hydrogens is 346 g/mol. The number of benzene rings is 1. The maximum Gasteiger partial charge on any atom is 0.308 e. The molecule has 3 rings (SSSR count). The maximum absolute atomic E-state index is 12.4. The van der Waals surface area contributed by atoms with E-state index in [-0.39, 0.29) is 17.7 Å². The van der Waals surface area contributed by atoms with Gasteiger partial charge in [0.05, 0.1) is 5.92 Å². The van der Waals surface area contributed by atoms with Crippen molar-refractivity contribution in [3.05, 3.63) is 34.3 Å². The normalized spacial score (nSPS) is 24.5. The first-order valence-electron chi connectivity index (χ1n) is 7.79. The van der Waals surface area contributed by atoms with Gasteiger partial charge in [0.2, 0.25) is 5.91 Å². The molecule has 2 aliphatic rings. The zero-order valence-corrected chi connectivity index (χ0v) is 14.0. The number of aliphatic carboxylic acids is 1. The maximum atomic E-state index is 12.4. The molecule has 0 aromatic heterocycles. The van der Waals surface area contributed by atoms with Gasteiger partial charge in [0.1, 0.15) is 0 Å². The number of halogens is 1. The number of amides is 1. The molecule has 0 spiro atoms. The lowest BCUT2D eigenvalue weighted by molar-refractivity contribution is -0.142. The Labute approximate surface area is 138 Å². The van der Waals surface area contributed by atoms with Crippen molar-refractivity contribution in [3.8, 4) is 0 Å². The molecular formula is C17H20BrNO3. The molecule has 0 radical (unpaired) electrons. The van der Waals surface area contributed by atoms with Crippen LogP contribution < -0.4 is 0 Å². The molecule has 1 aliphatic carbocycles. The van der Waals surface area contributed by atoms with Crippen LogP contribution in [0.1, 0.15) is 24.8 Å². The Hall–Kier alpha value is -1.36. The van der Waals surface area contributed by atoms with E-state index in [9.17, 15) is 14.7 Å². The van der Waals surface area contributed by atoms with Gasteiger partial charge in [-0.25, -0.2) is 0 Å². The van der Waals surface area contributed by atoms with Gasteiger partial charge in [0.25, 0.3) is 0 Å². The Morgan fingerprint density at radius 1 is 1.27 bits per heavy atom. The molecule has 22 heavy (non-hydrogen) atoms. The van der Waals surface area contributed by atoms with E-state index >= 15 is 0 Å². The number of carboxylic acid groups (broad SMARTS) is 1. The third kappa shape index (κ3) is 3.51. The van der Waals surface area contributed by atoms with E-state index < -0.39 is 5.97 Å². The monoisotopic (exact) mass is 365 g/mol. The summed E-state index contributed by atoms with van der Waals surface area (Å²) >= 11 is 3.43. The second kappa shape index (κ2) is 6.41. The van der Waals surface area contributed by atoms with Crippen LogP contribution in [-0.4, -0.2) is 35.0 Å². The Morgan fingerprint density at radius 3 is 2.68 bits per heavy atom. The molecule has 0 unspecified atom stereocenters. The van der Waals surface area contributed by atoms with Crippen LogP contribution in [0, 0.1) is 17.8 Å². The predicted molar refractivity (Wildman–Crippen MR) is 86.4 cm³/mol. The van der Waals surface area contributed by atoms with Gasteiger partial charge in [-0.05, 0) is 48.8 Å². The summed E-state index contributed by atoms with van der Waals surface area (Å²) in [6, 6.07) is 7.95. The number of rotatable bonds is 5. The van der Waals surface area contributed by atoms with E-state index in [2.05, 4.69) is 15.9 Å². The summed E-state index contributed by atoms with van der Waals surface area (Å²) in [6.45, 7) is 1.01. The number of nitrogens with zero attached hydrogens (tertiary/aromatic N) is 1. The van der Waals surface area contributed by atoms with E-state index in [1.165, 1.54) is 0 Å². The first-order valence-corrected chi connectivity index (χ1v) is 8.59. The topological polar surface area (TPSA) is 57.6 Å². The lowest BCUT2D eigenvalue weighted by atomic mass is 9.92. The third-order valence-corrected chi connectivity index (χ3v) is 5.27. The van der Waals surface area contributed by atoms with Crippen molar-refractivity contribution >= 4 is 27.8 Å². The van der Waals surface area contributed by atoms with Crippen molar-refractivity contribution in [1.29, 1.82) is 0 Å². The number of likely N-dealkylation sites (tertiary alicyclic amines) is 1. The van der Waals surface area contributed by atoms with Crippen molar-refractivity contribution in [2.75, 3.05) is 13.1 Å². The third-order valence-electron chi connectivity index (χ3n) is 4.78. The Bertz CT molecular complexity index is 585. The number of hydrogen-bond acceptors (Lipinski definition) is 2. The summed E-state index contributed by atoms with van der Waals surface area (Å²) in [6.07, 6.45) is 3.38. The summed E-state index contributed by atoms with van der Waals surface area (Å²) in [5.41, 5.74) is 1.12. The molecule has 1 heterocycles. The van der Waals surface area contributed by atoms with Crippen LogP contribution in [0.4, 0.5) is 0 Å². The SMILES string of the molecule is O=C(O)[C@H]1CN(C(=O)CCc2cccc(Br)c2)C[C@@H]1C1CC1. The Morgan fingerprint density at radius 2 is 2.05 bits per heavy atom. The molecule has 1 aromatic carbocycles. The number of aryl methyl sites for hydroxylation is 1. The molecule has 0 bridgehead atoms. The van der Waals surface area contributed by atoms with Crippen LogP contribution in [0.3, 0.4) is 0 Å². The van der Waals surface area contributed by atoms with E-state index in [0.717, 1.165) is 22.9 Å². The van der Waals surface area contributed by atoms with Crippen LogP contribution in [0.25, 0.3) is 0 Å². The van der Waals surface area contributed by atoms with E-state index in [4.69, 9.17) is 0 Å². The van der Waals surface area contributed by atoms with Crippen molar-refractivity contribution in [3.63, 3.8) is 0 Å². The van der Waals surface area contributed by atoms with E-state index in [1.54, 1.807) is 4.90 Å². The second-order valence-corrected chi connectivity index (χ2v) is 7.29. The Kier molecular flexibility index (Phi) is 4.52. The minimum atomic E-state index is -0.751. The minimum absolute atomic E-state index is 0.0781. The molecule has 5 heteroatoms. The molecule has 2 fully saturated rings. The fourth-order valence-corrected chi connectivity index (χ4v) is 3.84. The van der Waals surface area contributed by atoms with Gasteiger partial charge in [0.15, 0.2) is 0 Å². The van der Waals surface area contributed by atoms with E-state index in [0.29, 0.717) is 31.8 Å². The summed E-state index contributed by atoms with van der Waals surface area (Å²) in [5, 5.41) is 9.36. The molecule has 1 saturated heterocycles. The van der Waals surface area contributed by atoms with Crippen molar-refractivity contribution in [1.82, 2.24) is 4.90 Å².